The van der Waals surface area contributed by atoms with Gasteiger partial charge in [0, 0.05) is 38.5 Å². The van der Waals surface area contributed by atoms with Crippen molar-refractivity contribution in [2.24, 2.45) is 4.99 Å². The molecule has 0 radical (unpaired) electrons. The summed E-state index contributed by atoms with van der Waals surface area (Å²) in [5.41, 5.74) is 2.03. The molecule has 25 heavy (non-hydrogen) atoms. The minimum absolute atomic E-state index is 0. The molecule has 1 N–H and O–H groups in total. The van der Waals surface area contributed by atoms with Gasteiger partial charge < -0.3 is 10.2 Å². The number of hydrogen-bond acceptors (Lipinski definition) is 3. The number of nitrogens with zero attached hydrogens (tertiary/aromatic N) is 3. The van der Waals surface area contributed by atoms with Gasteiger partial charge in [-0.2, -0.15) is 0 Å². The van der Waals surface area contributed by atoms with Crippen LogP contribution in [0.2, 0.25) is 0 Å². The first-order valence-corrected chi connectivity index (χ1v) is 9.17. The Bertz CT molecular complexity index is 675. The smallest absolute Gasteiger partial charge is 0.193 e. The zero-order valence-electron chi connectivity index (χ0n) is 15.0. The normalized spacial score (nSPS) is 11.1. The summed E-state index contributed by atoms with van der Waals surface area (Å²) in [4.78, 5) is 11.2. The molecule has 0 bridgehead atoms. The number of aliphatic imine (C=N–C) groups is 1. The first-order chi connectivity index (χ1) is 11.6. The summed E-state index contributed by atoms with van der Waals surface area (Å²) < 4.78 is 13.3. The Kier molecular flexibility index (Phi) is 9.96. The van der Waals surface area contributed by atoms with Gasteiger partial charge in [0.25, 0.3) is 0 Å². The van der Waals surface area contributed by atoms with Crippen LogP contribution in [0.1, 0.15) is 30.1 Å². The summed E-state index contributed by atoms with van der Waals surface area (Å²) in [7, 11) is 1.96. The minimum atomic E-state index is -0.210. The number of guanidine groups is 1. The van der Waals surface area contributed by atoms with E-state index in [1.165, 1.54) is 11.1 Å². The van der Waals surface area contributed by atoms with Crippen molar-refractivity contribution in [2.75, 3.05) is 20.1 Å². The maximum absolute atomic E-state index is 13.3. The highest BCUT2D eigenvalue weighted by atomic mass is 127. The molecule has 0 saturated heterocycles. The Morgan fingerprint density at radius 3 is 2.80 bits per heavy atom. The molecule has 0 aliphatic carbocycles. The Hall–Kier alpha value is -1.22. The van der Waals surface area contributed by atoms with Crippen LogP contribution in [0.15, 0.2) is 34.6 Å². The van der Waals surface area contributed by atoms with Crippen LogP contribution < -0.4 is 5.32 Å². The third-order valence-corrected chi connectivity index (χ3v) is 4.58. The molecule has 0 aliphatic rings. The van der Waals surface area contributed by atoms with E-state index in [2.05, 4.69) is 27.6 Å². The van der Waals surface area contributed by atoms with E-state index in [-0.39, 0.29) is 29.8 Å². The quantitative estimate of drug-likeness (QED) is 0.372. The van der Waals surface area contributed by atoms with Crippen LogP contribution in [0, 0.1) is 5.82 Å². The van der Waals surface area contributed by atoms with Crippen LogP contribution in [0.5, 0.6) is 0 Å². The minimum Gasteiger partial charge on any atom is -0.357 e. The monoisotopic (exact) mass is 476 g/mol. The van der Waals surface area contributed by atoms with Crippen molar-refractivity contribution in [3.8, 4) is 0 Å². The maximum Gasteiger partial charge on any atom is 0.193 e. The number of hydrogen-bond donors (Lipinski definition) is 1. The van der Waals surface area contributed by atoms with Gasteiger partial charge in [0.15, 0.2) is 5.96 Å². The molecule has 2 aromatic rings. The number of halogens is 2. The van der Waals surface area contributed by atoms with Gasteiger partial charge in [0.2, 0.25) is 0 Å². The lowest BCUT2D eigenvalue weighted by molar-refractivity contribution is 0.475. The average Bonchev–Trinajstić information content (AvgIpc) is 3.02. The molecule has 0 atom stereocenters. The van der Waals surface area contributed by atoms with Crippen LogP contribution >= 0.6 is 35.3 Å². The molecular weight excluding hydrogens is 450 g/mol. The number of aromatic nitrogens is 1. The van der Waals surface area contributed by atoms with Crippen molar-refractivity contribution in [3.05, 3.63) is 51.7 Å². The fourth-order valence-electron chi connectivity index (χ4n) is 2.36. The van der Waals surface area contributed by atoms with Gasteiger partial charge in [-0.25, -0.2) is 9.37 Å². The number of nitrogens with one attached hydrogen (secondary N) is 1. The molecule has 1 heterocycles. The third-order valence-electron chi connectivity index (χ3n) is 3.54. The number of aryl methyl sites for hydroxylation is 1. The number of thiazole rings is 1. The predicted molar refractivity (Wildman–Crippen MR) is 114 cm³/mol. The molecule has 0 unspecified atom stereocenters. The van der Waals surface area contributed by atoms with E-state index in [4.69, 9.17) is 0 Å². The van der Waals surface area contributed by atoms with Gasteiger partial charge >= 0.3 is 0 Å². The Labute approximate surface area is 170 Å². The summed E-state index contributed by atoms with van der Waals surface area (Å²) in [5.74, 6) is 0.616. The lowest BCUT2D eigenvalue weighted by atomic mass is 10.2. The zero-order valence-corrected chi connectivity index (χ0v) is 18.1. The highest BCUT2D eigenvalue weighted by Gasteiger charge is 2.07. The Morgan fingerprint density at radius 2 is 2.16 bits per heavy atom. The molecule has 0 saturated carbocycles. The van der Waals surface area contributed by atoms with Gasteiger partial charge in [0.1, 0.15) is 5.82 Å². The molecule has 2 rings (SSSR count). The van der Waals surface area contributed by atoms with Crippen LogP contribution in [0.25, 0.3) is 0 Å². The standard InChI is InChI=1S/C18H25FN4S.HI/c1-4-17-22-16(13-24-17)9-10-21-18(20-5-2)23(3)12-14-7-6-8-15(19)11-14;/h6-8,11,13H,4-5,9-10,12H2,1-3H3,(H,20,21);1H. The van der Waals surface area contributed by atoms with Crippen molar-refractivity contribution in [1.82, 2.24) is 15.2 Å². The molecule has 1 aromatic heterocycles. The fraction of sp³-hybridized carbons (Fsp3) is 0.444. The molecule has 1 aromatic carbocycles. The first kappa shape index (κ1) is 21.8. The summed E-state index contributed by atoms with van der Waals surface area (Å²) in [5, 5.41) is 6.56. The molecule has 0 spiro atoms. The highest BCUT2D eigenvalue weighted by Crippen LogP contribution is 2.11. The average molecular weight is 476 g/mol. The summed E-state index contributed by atoms with van der Waals surface area (Å²) >= 11 is 1.71. The van der Waals surface area contributed by atoms with E-state index in [0.717, 1.165) is 36.6 Å². The maximum atomic E-state index is 13.3. The molecule has 0 amide bonds. The van der Waals surface area contributed by atoms with Crippen LogP contribution in [0.4, 0.5) is 4.39 Å². The lowest BCUT2D eigenvalue weighted by Crippen LogP contribution is -2.38. The summed E-state index contributed by atoms with van der Waals surface area (Å²) in [6, 6.07) is 6.67. The van der Waals surface area contributed by atoms with Crippen molar-refractivity contribution < 1.29 is 4.39 Å². The third kappa shape index (κ3) is 7.27. The molecule has 7 heteroatoms. The van der Waals surface area contributed by atoms with E-state index < -0.39 is 0 Å². The summed E-state index contributed by atoms with van der Waals surface area (Å²) in [6.45, 7) is 6.25. The molecular formula is C18H26FIN4S. The second-order valence-electron chi connectivity index (χ2n) is 5.56. The van der Waals surface area contributed by atoms with Crippen molar-refractivity contribution in [1.29, 1.82) is 0 Å². The number of rotatable bonds is 7. The van der Waals surface area contributed by atoms with Gasteiger partial charge in [-0.3, -0.25) is 4.99 Å². The van der Waals surface area contributed by atoms with E-state index in [0.29, 0.717) is 13.1 Å². The molecule has 0 fully saturated rings. The lowest BCUT2D eigenvalue weighted by Gasteiger charge is -2.22. The van der Waals surface area contributed by atoms with E-state index in [9.17, 15) is 4.39 Å². The van der Waals surface area contributed by atoms with Crippen molar-refractivity contribution in [2.45, 2.75) is 33.2 Å². The number of benzene rings is 1. The van der Waals surface area contributed by atoms with Gasteiger partial charge in [-0.1, -0.05) is 19.1 Å². The van der Waals surface area contributed by atoms with Crippen molar-refractivity contribution >= 4 is 41.3 Å². The highest BCUT2D eigenvalue weighted by molar-refractivity contribution is 14.0. The predicted octanol–water partition coefficient (Wildman–Crippen LogP) is 4.10. The summed E-state index contributed by atoms with van der Waals surface area (Å²) in [6.07, 6.45) is 1.81. The van der Waals surface area contributed by atoms with E-state index in [1.807, 2.05) is 24.9 Å². The Balaban J connectivity index is 0.00000312. The molecule has 138 valence electrons. The zero-order chi connectivity index (χ0) is 17.4. The molecule has 4 nitrogen and oxygen atoms in total. The van der Waals surface area contributed by atoms with E-state index >= 15 is 0 Å². The van der Waals surface area contributed by atoms with Gasteiger partial charge in [-0.05, 0) is 31.0 Å². The molecule has 0 aliphatic heterocycles. The van der Waals surface area contributed by atoms with Crippen molar-refractivity contribution in [3.63, 3.8) is 0 Å². The van der Waals surface area contributed by atoms with Crippen LogP contribution in [0.3, 0.4) is 0 Å². The largest absolute Gasteiger partial charge is 0.357 e. The second kappa shape index (κ2) is 11.4. The SMILES string of the molecule is CCNC(=NCCc1csc(CC)n1)N(C)Cc1cccc(F)c1.I. The van der Waals surface area contributed by atoms with E-state index in [1.54, 1.807) is 23.5 Å². The Morgan fingerprint density at radius 1 is 1.36 bits per heavy atom. The van der Waals surface area contributed by atoms with Crippen LogP contribution in [-0.4, -0.2) is 36.0 Å². The topological polar surface area (TPSA) is 40.5 Å². The first-order valence-electron chi connectivity index (χ1n) is 8.29. The van der Waals surface area contributed by atoms with Gasteiger partial charge in [0.05, 0.1) is 10.7 Å². The fourth-order valence-corrected chi connectivity index (χ4v) is 3.14. The second-order valence-corrected chi connectivity index (χ2v) is 6.50. The van der Waals surface area contributed by atoms with Crippen LogP contribution in [-0.2, 0) is 19.4 Å². The van der Waals surface area contributed by atoms with Gasteiger partial charge in [-0.15, -0.1) is 35.3 Å².